The van der Waals surface area contributed by atoms with Gasteiger partial charge in [-0.3, -0.25) is 4.99 Å². The normalized spacial score (nSPS) is 13.8. The Morgan fingerprint density at radius 3 is 2.62 bits per heavy atom. The number of fused-ring (bicyclic) bond motifs is 1. The lowest BCUT2D eigenvalue weighted by Gasteiger charge is -2.11. The zero-order valence-corrected chi connectivity index (χ0v) is 18.2. The van der Waals surface area contributed by atoms with E-state index >= 15 is 0 Å². The first kappa shape index (κ1) is 19.6. The Bertz CT molecular complexity index is 1130. The molecule has 0 saturated heterocycles. The number of hydrogen-bond acceptors (Lipinski definition) is 3. The average molecular weight is 407 g/mol. The lowest BCUT2D eigenvalue weighted by molar-refractivity contribution is 0.0696. The van der Waals surface area contributed by atoms with Crippen molar-refractivity contribution in [2.24, 2.45) is 4.99 Å². The van der Waals surface area contributed by atoms with Gasteiger partial charge in [-0.15, -0.1) is 11.3 Å². The van der Waals surface area contributed by atoms with Gasteiger partial charge in [-0.05, 0) is 76.6 Å². The second-order valence-corrected chi connectivity index (χ2v) is 8.99. The van der Waals surface area contributed by atoms with Crippen molar-refractivity contribution < 1.29 is 9.90 Å². The van der Waals surface area contributed by atoms with Crippen molar-refractivity contribution in [3.05, 3.63) is 68.3 Å². The first-order chi connectivity index (χ1) is 13.9. The summed E-state index contributed by atoms with van der Waals surface area (Å²) in [4.78, 5) is 18.0. The van der Waals surface area contributed by atoms with Crippen LogP contribution in [-0.2, 0) is 12.8 Å². The third-order valence-corrected chi connectivity index (χ3v) is 7.01. The molecule has 1 aliphatic carbocycles. The predicted octanol–water partition coefficient (Wildman–Crippen LogP) is 6.10. The Balaban J connectivity index is 1.78. The molecule has 1 N–H and O–H groups in total. The molecule has 0 amide bonds. The van der Waals surface area contributed by atoms with E-state index < -0.39 is 5.97 Å². The Morgan fingerprint density at radius 1 is 1.14 bits per heavy atom. The van der Waals surface area contributed by atoms with Crippen LogP contribution in [0.25, 0.3) is 5.00 Å². The molecule has 5 heteroatoms. The minimum Gasteiger partial charge on any atom is -0.478 e. The van der Waals surface area contributed by atoms with Gasteiger partial charge in [-0.25, -0.2) is 4.79 Å². The predicted molar refractivity (Wildman–Crippen MR) is 120 cm³/mol. The molecule has 0 aliphatic heterocycles. The van der Waals surface area contributed by atoms with Crippen LogP contribution in [0.1, 0.15) is 61.7 Å². The van der Waals surface area contributed by atoms with Crippen LogP contribution in [0, 0.1) is 27.7 Å². The van der Waals surface area contributed by atoms with Crippen molar-refractivity contribution in [2.75, 3.05) is 0 Å². The minimum absolute atomic E-state index is 0.490. The Morgan fingerprint density at radius 2 is 1.90 bits per heavy atom. The molecule has 0 bridgehead atoms. The lowest BCUT2D eigenvalue weighted by atomic mass is 9.95. The molecule has 0 saturated carbocycles. The van der Waals surface area contributed by atoms with Crippen LogP contribution in [-0.4, -0.2) is 21.9 Å². The summed E-state index contributed by atoms with van der Waals surface area (Å²) in [6, 6.07) is 8.33. The van der Waals surface area contributed by atoms with E-state index in [0.717, 1.165) is 64.4 Å². The molecular weight excluding hydrogens is 380 g/mol. The van der Waals surface area contributed by atoms with Crippen LogP contribution in [0.15, 0.2) is 29.3 Å². The van der Waals surface area contributed by atoms with Crippen molar-refractivity contribution in [3.8, 4) is 5.00 Å². The number of nitrogens with zero attached hydrogens (tertiary/aromatic N) is 2. The van der Waals surface area contributed by atoms with Gasteiger partial charge in [0.2, 0.25) is 0 Å². The molecule has 0 atom stereocenters. The van der Waals surface area contributed by atoms with Crippen molar-refractivity contribution in [2.45, 2.75) is 53.4 Å². The van der Waals surface area contributed by atoms with Crippen LogP contribution in [0.2, 0.25) is 0 Å². The SMILES string of the molecule is Cc1ccc(N=Cc2cc(C)n(-c3sc4c(c3C(=O)O)CCCC4)c2C)c(C)c1. The number of hydrogen-bond donors (Lipinski definition) is 1. The van der Waals surface area contributed by atoms with Gasteiger partial charge >= 0.3 is 5.97 Å². The van der Waals surface area contributed by atoms with Gasteiger partial charge in [0.25, 0.3) is 0 Å². The monoisotopic (exact) mass is 406 g/mol. The van der Waals surface area contributed by atoms with Crippen molar-refractivity contribution in [3.63, 3.8) is 0 Å². The Labute approximate surface area is 175 Å². The first-order valence-corrected chi connectivity index (χ1v) is 10.9. The van der Waals surface area contributed by atoms with Crippen LogP contribution < -0.4 is 0 Å². The molecule has 0 spiro atoms. The minimum atomic E-state index is -0.822. The maximum atomic E-state index is 12.1. The highest BCUT2D eigenvalue weighted by Gasteiger charge is 2.27. The van der Waals surface area contributed by atoms with Gasteiger partial charge in [-0.1, -0.05) is 17.7 Å². The molecule has 1 aliphatic rings. The molecule has 4 nitrogen and oxygen atoms in total. The average Bonchev–Trinajstić information content (AvgIpc) is 3.17. The highest BCUT2D eigenvalue weighted by atomic mass is 32.1. The van der Waals surface area contributed by atoms with Crippen LogP contribution in [0.3, 0.4) is 0 Å². The van der Waals surface area contributed by atoms with Crippen molar-refractivity contribution >= 4 is 29.2 Å². The number of carboxylic acid groups (broad SMARTS) is 1. The molecule has 2 heterocycles. The molecule has 4 rings (SSSR count). The van der Waals surface area contributed by atoms with Gasteiger partial charge in [-0.2, -0.15) is 0 Å². The molecule has 150 valence electrons. The fourth-order valence-electron chi connectivity index (χ4n) is 4.25. The van der Waals surface area contributed by atoms with Crippen molar-refractivity contribution in [1.29, 1.82) is 0 Å². The molecular formula is C24H26N2O2S. The highest BCUT2D eigenvalue weighted by molar-refractivity contribution is 7.15. The molecule has 3 aromatic rings. The number of carbonyl (C=O) groups is 1. The van der Waals surface area contributed by atoms with E-state index in [4.69, 9.17) is 4.99 Å². The summed E-state index contributed by atoms with van der Waals surface area (Å²) in [6.45, 7) is 8.22. The number of aliphatic imine (C=N–C) groups is 1. The molecule has 29 heavy (non-hydrogen) atoms. The molecule has 1 aromatic carbocycles. The molecule has 0 fully saturated rings. The Hall–Kier alpha value is -2.66. The second-order valence-electron chi connectivity index (χ2n) is 7.91. The van der Waals surface area contributed by atoms with Gasteiger partial charge < -0.3 is 9.67 Å². The summed E-state index contributed by atoms with van der Waals surface area (Å²) in [5, 5.41) is 10.8. The van der Waals surface area contributed by atoms with E-state index in [1.807, 2.05) is 26.1 Å². The largest absolute Gasteiger partial charge is 0.478 e. The number of thiophene rings is 1. The summed E-state index contributed by atoms with van der Waals surface area (Å²) in [5.41, 5.74) is 7.94. The zero-order chi connectivity index (χ0) is 20.7. The third-order valence-electron chi connectivity index (χ3n) is 5.73. The maximum Gasteiger partial charge on any atom is 0.339 e. The summed E-state index contributed by atoms with van der Waals surface area (Å²) in [5.74, 6) is -0.822. The third kappa shape index (κ3) is 3.55. The van der Waals surface area contributed by atoms with E-state index in [-0.39, 0.29) is 0 Å². The molecule has 2 aromatic heterocycles. The van der Waals surface area contributed by atoms with Gasteiger partial charge in [0.05, 0.1) is 11.3 Å². The number of aromatic carboxylic acids is 1. The number of rotatable bonds is 4. The van der Waals surface area contributed by atoms with E-state index in [0.29, 0.717) is 5.56 Å². The number of aromatic nitrogens is 1. The number of carboxylic acids is 1. The lowest BCUT2D eigenvalue weighted by Crippen LogP contribution is -2.09. The van der Waals surface area contributed by atoms with Gasteiger partial charge in [0.1, 0.15) is 5.00 Å². The van der Waals surface area contributed by atoms with Crippen molar-refractivity contribution in [1.82, 2.24) is 4.57 Å². The highest BCUT2D eigenvalue weighted by Crippen LogP contribution is 2.38. The summed E-state index contributed by atoms with van der Waals surface area (Å²) in [7, 11) is 0. The first-order valence-electron chi connectivity index (χ1n) is 10.0. The fraction of sp³-hybridized carbons (Fsp3) is 0.333. The maximum absolute atomic E-state index is 12.1. The zero-order valence-electron chi connectivity index (χ0n) is 17.4. The van der Waals surface area contributed by atoms with Crippen LogP contribution in [0.5, 0.6) is 0 Å². The van der Waals surface area contributed by atoms with E-state index in [1.54, 1.807) is 11.3 Å². The number of aryl methyl sites for hydroxylation is 4. The van der Waals surface area contributed by atoms with Crippen LogP contribution >= 0.6 is 11.3 Å². The Kier molecular flexibility index (Phi) is 5.17. The summed E-state index contributed by atoms with van der Waals surface area (Å²) >= 11 is 1.64. The fourth-order valence-corrected chi connectivity index (χ4v) is 5.74. The topological polar surface area (TPSA) is 54.6 Å². The standard InChI is InChI=1S/C24H26N2O2S/c1-14-9-10-20(15(2)11-14)25-13-18-12-16(3)26(17(18)4)23-22(24(27)28)19-7-5-6-8-21(19)29-23/h9-13H,5-8H2,1-4H3,(H,27,28). The van der Waals surface area contributed by atoms with Gasteiger partial charge in [0, 0.05) is 28.0 Å². The summed E-state index contributed by atoms with van der Waals surface area (Å²) < 4.78 is 2.09. The van der Waals surface area contributed by atoms with Gasteiger partial charge in [0.15, 0.2) is 0 Å². The summed E-state index contributed by atoms with van der Waals surface area (Å²) in [6.07, 6.45) is 5.96. The van der Waals surface area contributed by atoms with E-state index in [9.17, 15) is 9.90 Å². The smallest absolute Gasteiger partial charge is 0.339 e. The van der Waals surface area contributed by atoms with E-state index in [2.05, 4.69) is 36.6 Å². The van der Waals surface area contributed by atoms with E-state index in [1.165, 1.54) is 10.4 Å². The number of benzene rings is 1. The van der Waals surface area contributed by atoms with Crippen LogP contribution in [0.4, 0.5) is 5.69 Å². The molecule has 0 radical (unpaired) electrons. The quantitative estimate of drug-likeness (QED) is 0.532. The molecule has 0 unspecified atom stereocenters. The second kappa shape index (κ2) is 7.64.